The zero-order chi connectivity index (χ0) is 15.0. The number of benzene rings is 1. The van der Waals surface area contributed by atoms with E-state index >= 15 is 0 Å². The Hall–Kier alpha value is -2.25. The lowest BCUT2D eigenvalue weighted by molar-refractivity contribution is 0.0702. The highest BCUT2D eigenvalue weighted by atomic mass is 32.1. The fourth-order valence-electron chi connectivity index (χ4n) is 2.10. The molecular weight excluding hydrogens is 295 g/mol. The lowest BCUT2D eigenvalue weighted by atomic mass is 10.3. The quantitative estimate of drug-likeness (QED) is 0.804. The predicted octanol–water partition coefficient (Wildman–Crippen LogP) is 3.07. The van der Waals surface area contributed by atoms with Gasteiger partial charge in [0, 0.05) is 12.5 Å². The molecule has 0 saturated carbocycles. The van der Waals surface area contributed by atoms with Crippen molar-refractivity contribution in [2.24, 2.45) is 0 Å². The first-order chi connectivity index (χ1) is 10.1. The van der Waals surface area contributed by atoms with Crippen molar-refractivity contribution in [3.8, 4) is 5.69 Å². The highest BCUT2D eigenvalue weighted by molar-refractivity contribution is 7.20. The molecule has 5 nitrogen and oxygen atoms in total. The number of carboxylic acid groups (broad SMARTS) is 1. The van der Waals surface area contributed by atoms with Gasteiger partial charge in [0.1, 0.15) is 21.2 Å². The number of ether oxygens (including phenoxy) is 1. The van der Waals surface area contributed by atoms with Crippen LogP contribution in [0.5, 0.6) is 0 Å². The molecule has 0 aliphatic carbocycles. The Balaban J connectivity index is 2.27. The van der Waals surface area contributed by atoms with Crippen molar-refractivity contribution in [3.05, 3.63) is 46.7 Å². The van der Waals surface area contributed by atoms with E-state index in [1.165, 1.54) is 17.9 Å². The zero-order valence-corrected chi connectivity index (χ0v) is 11.9. The fraction of sp³-hybridized carbons (Fsp3) is 0.143. The summed E-state index contributed by atoms with van der Waals surface area (Å²) < 4.78 is 20.5. The first-order valence-corrected chi connectivity index (χ1v) is 6.92. The van der Waals surface area contributed by atoms with Crippen LogP contribution in [0.2, 0.25) is 0 Å². The summed E-state index contributed by atoms with van der Waals surface area (Å²) in [6, 6.07) is 7.77. The molecule has 2 aromatic heterocycles. The van der Waals surface area contributed by atoms with Gasteiger partial charge in [-0.15, -0.1) is 11.3 Å². The Labute approximate surface area is 123 Å². The molecule has 21 heavy (non-hydrogen) atoms. The smallest absolute Gasteiger partial charge is 0.345 e. The van der Waals surface area contributed by atoms with Gasteiger partial charge in [0.05, 0.1) is 12.3 Å². The number of carbonyl (C=O) groups is 1. The minimum atomic E-state index is -1.01. The van der Waals surface area contributed by atoms with Gasteiger partial charge < -0.3 is 9.84 Å². The van der Waals surface area contributed by atoms with E-state index in [0.717, 1.165) is 11.3 Å². The topological polar surface area (TPSA) is 64.4 Å². The number of hydrogen-bond donors (Lipinski definition) is 1. The maximum absolute atomic E-state index is 14.0. The number of carboxylic acids is 1. The van der Waals surface area contributed by atoms with Crippen LogP contribution in [-0.2, 0) is 11.3 Å². The van der Waals surface area contributed by atoms with E-state index in [4.69, 9.17) is 9.84 Å². The third-order valence-electron chi connectivity index (χ3n) is 3.01. The zero-order valence-electron chi connectivity index (χ0n) is 11.0. The molecule has 0 radical (unpaired) electrons. The minimum Gasteiger partial charge on any atom is -0.477 e. The predicted molar refractivity (Wildman–Crippen MR) is 76.6 cm³/mol. The number of thiophene rings is 1. The summed E-state index contributed by atoms with van der Waals surface area (Å²) >= 11 is 1.06. The third-order valence-corrected chi connectivity index (χ3v) is 4.11. The number of halogens is 1. The molecule has 0 unspecified atom stereocenters. The summed E-state index contributed by atoms with van der Waals surface area (Å²) in [4.78, 5) is 11.9. The molecule has 0 aliphatic rings. The molecule has 3 aromatic rings. The number of para-hydroxylation sites is 1. The summed E-state index contributed by atoms with van der Waals surface area (Å²) in [5.41, 5.74) is 0.864. The fourth-order valence-corrected chi connectivity index (χ4v) is 3.09. The van der Waals surface area contributed by atoms with Gasteiger partial charge in [-0.1, -0.05) is 12.1 Å². The van der Waals surface area contributed by atoms with Crippen molar-refractivity contribution < 1.29 is 19.0 Å². The van der Waals surface area contributed by atoms with Crippen LogP contribution in [-0.4, -0.2) is 28.0 Å². The number of fused-ring (bicyclic) bond motifs is 1. The maximum atomic E-state index is 14.0. The van der Waals surface area contributed by atoms with E-state index in [2.05, 4.69) is 5.10 Å². The van der Waals surface area contributed by atoms with Gasteiger partial charge in [0.2, 0.25) is 0 Å². The highest BCUT2D eigenvalue weighted by Gasteiger charge is 2.19. The highest BCUT2D eigenvalue weighted by Crippen LogP contribution is 2.31. The SMILES string of the molecule is COCc1nn(-c2ccccc2F)c2sc(C(=O)O)cc12. The minimum absolute atomic E-state index is 0.185. The normalized spacial score (nSPS) is 11.1. The number of nitrogens with zero attached hydrogens (tertiary/aromatic N) is 2. The van der Waals surface area contributed by atoms with E-state index in [-0.39, 0.29) is 17.2 Å². The van der Waals surface area contributed by atoms with Crippen LogP contribution in [0, 0.1) is 5.82 Å². The average Bonchev–Trinajstić information content (AvgIpc) is 3.01. The van der Waals surface area contributed by atoms with Crippen LogP contribution in [0.3, 0.4) is 0 Å². The number of methoxy groups -OCH3 is 1. The first-order valence-electron chi connectivity index (χ1n) is 6.10. The number of aromatic carboxylic acids is 1. The Morgan fingerprint density at radius 1 is 1.48 bits per heavy atom. The molecule has 0 saturated heterocycles. The second kappa shape index (κ2) is 5.27. The van der Waals surface area contributed by atoms with Crippen LogP contribution >= 0.6 is 11.3 Å². The average molecular weight is 306 g/mol. The Morgan fingerprint density at radius 3 is 2.90 bits per heavy atom. The van der Waals surface area contributed by atoms with Gasteiger partial charge in [-0.3, -0.25) is 0 Å². The van der Waals surface area contributed by atoms with E-state index in [1.54, 1.807) is 24.3 Å². The van der Waals surface area contributed by atoms with Crippen molar-refractivity contribution in [1.29, 1.82) is 0 Å². The van der Waals surface area contributed by atoms with Gasteiger partial charge in [-0.05, 0) is 18.2 Å². The first kappa shape index (κ1) is 13.7. The molecule has 0 amide bonds. The van der Waals surface area contributed by atoms with Crippen LogP contribution in [0.15, 0.2) is 30.3 Å². The summed E-state index contributed by atoms with van der Waals surface area (Å²) in [5.74, 6) is -1.43. The van der Waals surface area contributed by atoms with Crippen molar-refractivity contribution >= 4 is 27.5 Å². The van der Waals surface area contributed by atoms with Gasteiger partial charge in [-0.2, -0.15) is 5.10 Å². The van der Waals surface area contributed by atoms with Gasteiger partial charge in [0.15, 0.2) is 0 Å². The lowest BCUT2D eigenvalue weighted by Gasteiger charge is -2.03. The Morgan fingerprint density at radius 2 is 2.24 bits per heavy atom. The summed E-state index contributed by atoms with van der Waals surface area (Å²) in [6.07, 6.45) is 0. The van der Waals surface area contributed by atoms with Gasteiger partial charge in [-0.25, -0.2) is 13.9 Å². The molecule has 108 valence electrons. The summed E-state index contributed by atoms with van der Waals surface area (Å²) in [7, 11) is 1.53. The van der Waals surface area contributed by atoms with Crippen LogP contribution < -0.4 is 0 Å². The van der Waals surface area contributed by atoms with Crippen LogP contribution in [0.25, 0.3) is 15.9 Å². The van der Waals surface area contributed by atoms with Crippen molar-refractivity contribution in [2.75, 3.05) is 7.11 Å². The van der Waals surface area contributed by atoms with Crippen molar-refractivity contribution in [2.45, 2.75) is 6.61 Å². The number of rotatable bonds is 4. The second-order valence-electron chi connectivity index (χ2n) is 4.38. The monoisotopic (exact) mass is 306 g/mol. The largest absolute Gasteiger partial charge is 0.477 e. The second-order valence-corrected chi connectivity index (χ2v) is 5.41. The van der Waals surface area contributed by atoms with Crippen LogP contribution in [0.4, 0.5) is 4.39 Å². The van der Waals surface area contributed by atoms with E-state index in [1.807, 2.05) is 0 Å². The summed E-state index contributed by atoms with van der Waals surface area (Å²) in [5, 5.41) is 14.1. The molecule has 0 aliphatic heterocycles. The molecule has 2 heterocycles. The Kier molecular flexibility index (Phi) is 3.44. The summed E-state index contributed by atoms with van der Waals surface area (Å²) in [6.45, 7) is 0.230. The molecule has 0 spiro atoms. The Bertz CT molecular complexity index is 825. The number of hydrogen-bond acceptors (Lipinski definition) is 4. The van der Waals surface area contributed by atoms with Crippen molar-refractivity contribution in [1.82, 2.24) is 9.78 Å². The third kappa shape index (κ3) is 2.30. The molecule has 3 rings (SSSR count). The molecule has 1 N–H and O–H groups in total. The molecule has 0 fully saturated rings. The van der Waals surface area contributed by atoms with Crippen molar-refractivity contribution in [3.63, 3.8) is 0 Å². The van der Waals surface area contributed by atoms with Gasteiger partial charge >= 0.3 is 5.97 Å². The van der Waals surface area contributed by atoms with E-state index in [0.29, 0.717) is 15.9 Å². The molecular formula is C14H11FN2O3S. The van der Waals surface area contributed by atoms with E-state index in [9.17, 15) is 9.18 Å². The van der Waals surface area contributed by atoms with E-state index < -0.39 is 11.8 Å². The lowest BCUT2D eigenvalue weighted by Crippen LogP contribution is -2.00. The molecule has 7 heteroatoms. The maximum Gasteiger partial charge on any atom is 0.345 e. The standard InChI is InChI=1S/C14H11FN2O3S/c1-20-7-10-8-6-12(14(18)19)21-13(8)17(16-10)11-5-3-2-4-9(11)15/h2-6H,7H2,1H3,(H,18,19). The molecule has 1 aromatic carbocycles. The molecule has 0 bridgehead atoms. The van der Waals surface area contributed by atoms with Gasteiger partial charge in [0.25, 0.3) is 0 Å². The van der Waals surface area contributed by atoms with Crippen LogP contribution in [0.1, 0.15) is 15.4 Å². The number of aromatic nitrogens is 2. The molecule has 0 atom stereocenters.